The molecular weight excluding hydrogens is 295 g/mol. The van der Waals surface area contributed by atoms with Gasteiger partial charge in [-0.2, -0.15) is 0 Å². The molecule has 0 unspecified atom stereocenters. The van der Waals surface area contributed by atoms with E-state index in [0.29, 0.717) is 3.57 Å². The minimum Gasteiger partial charge on any atom is -0.296 e. The zero-order chi connectivity index (χ0) is 10.1. The molecule has 0 saturated heterocycles. The van der Waals surface area contributed by atoms with Gasteiger partial charge in [-0.25, -0.2) is 4.79 Å². The van der Waals surface area contributed by atoms with Crippen molar-refractivity contribution in [3.05, 3.63) is 30.6 Å². The van der Waals surface area contributed by atoms with Crippen molar-refractivity contribution in [2.75, 3.05) is 0 Å². The van der Waals surface area contributed by atoms with E-state index < -0.39 is 0 Å². The maximum absolute atomic E-state index is 11.5. The van der Waals surface area contributed by atoms with Crippen LogP contribution in [0.4, 0.5) is 0 Å². The lowest BCUT2D eigenvalue weighted by Gasteiger charge is -2.12. The molecule has 1 aliphatic rings. The Morgan fingerprint density at radius 3 is 2.64 bits per heavy atom. The van der Waals surface area contributed by atoms with Crippen molar-refractivity contribution in [1.29, 1.82) is 0 Å². The number of rotatable bonds is 1. The molecule has 1 aromatic heterocycles. The molecular formula is C9H11IN2O2. The van der Waals surface area contributed by atoms with E-state index in [4.69, 9.17) is 0 Å². The Morgan fingerprint density at radius 1 is 1.36 bits per heavy atom. The second-order valence-corrected chi connectivity index (χ2v) is 4.74. The predicted octanol–water partition coefficient (Wildman–Crippen LogP) is 1.26. The Hall–Kier alpha value is -0.590. The van der Waals surface area contributed by atoms with Gasteiger partial charge in [0.25, 0.3) is 5.56 Å². The van der Waals surface area contributed by atoms with Crippen LogP contribution in [0.25, 0.3) is 0 Å². The van der Waals surface area contributed by atoms with Crippen LogP contribution < -0.4 is 11.2 Å². The van der Waals surface area contributed by atoms with E-state index in [0.717, 1.165) is 12.8 Å². The van der Waals surface area contributed by atoms with E-state index in [1.165, 1.54) is 12.8 Å². The molecule has 1 aliphatic carbocycles. The van der Waals surface area contributed by atoms with Crippen molar-refractivity contribution in [3.63, 3.8) is 0 Å². The summed E-state index contributed by atoms with van der Waals surface area (Å²) in [6.45, 7) is 0. The third-order valence-electron chi connectivity index (χ3n) is 2.64. The predicted molar refractivity (Wildman–Crippen MR) is 61.5 cm³/mol. The van der Waals surface area contributed by atoms with Crippen molar-refractivity contribution < 1.29 is 0 Å². The Balaban J connectivity index is 2.47. The molecule has 0 bridgehead atoms. The SMILES string of the molecule is O=c1[nH]c(=O)n(C2CCCC2)cc1I. The molecule has 4 nitrogen and oxygen atoms in total. The number of aromatic amines is 1. The van der Waals surface area contributed by atoms with Crippen LogP contribution in [0.15, 0.2) is 15.8 Å². The molecule has 0 amide bonds. The first-order valence-corrected chi connectivity index (χ1v) is 5.77. The standard InChI is InChI=1S/C9H11IN2O2/c10-7-5-12(6-3-1-2-4-6)9(14)11-8(7)13/h5-6H,1-4H2,(H,11,13,14). The third kappa shape index (κ3) is 1.77. The van der Waals surface area contributed by atoms with Crippen molar-refractivity contribution in [1.82, 2.24) is 9.55 Å². The van der Waals surface area contributed by atoms with E-state index in [-0.39, 0.29) is 17.3 Å². The first-order valence-electron chi connectivity index (χ1n) is 4.69. The van der Waals surface area contributed by atoms with Gasteiger partial charge in [0, 0.05) is 12.2 Å². The summed E-state index contributed by atoms with van der Waals surface area (Å²) in [5.74, 6) is 0. The number of nitrogens with one attached hydrogen (secondary N) is 1. The van der Waals surface area contributed by atoms with Gasteiger partial charge in [0.2, 0.25) is 0 Å². The van der Waals surface area contributed by atoms with Crippen molar-refractivity contribution >= 4 is 22.6 Å². The smallest absolute Gasteiger partial charge is 0.296 e. The molecule has 0 aliphatic heterocycles. The number of aromatic nitrogens is 2. The Morgan fingerprint density at radius 2 is 2.00 bits per heavy atom. The highest BCUT2D eigenvalue weighted by Gasteiger charge is 2.18. The lowest BCUT2D eigenvalue weighted by Crippen LogP contribution is -2.32. The number of hydrogen-bond acceptors (Lipinski definition) is 2. The quantitative estimate of drug-likeness (QED) is 0.794. The summed E-state index contributed by atoms with van der Waals surface area (Å²) < 4.78 is 2.24. The Kier molecular flexibility index (Phi) is 2.76. The highest BCUT2D eigenvalue weighted by Crippen LogP contribution is 2.27. The fourth-order valence-electron chi connectivity index (χ4n) is 1.91. The summed E-state index contributed by atoms with van der Waals surface area (Å²) in [7, 11) is 0. The van der Waals surface area contributed by atoms with E-state index in [9.17, 15) is 9.59 Å². The minimum absolute atomic E-state index is 0.276. The van der Waals surface area contributed by atoms with E-state index in [1.54, 1.807) is 10.8 Å². The van der Waals surface area contributed by atoms with Crippen LogP contribution >= 0.6 is 22.6 Å². The lowest BCUT2D eigenvalue weighted by atomic mass is 10.2. The van der Waals surface area contributed by atoms with Gasteiger partial charge < -0.3 is 0 Å². The molecule has 1 saturated carbocycles. The zero-order valence-electron chi connectivity index (χ0n) is 7.62. The molecule has 14 heavy (non-hydrogen) atoms. The Bertz CT molecular complexity index is 443. The van der Waals surface area contributed by atoms with Crippen molar-refractivity contribution in [2.45, 2.75) is 31.7 Å². The van der Waals surface area contributed by atoms with Gasteiger partial charge in [0.05, 0.1) is 3.57 Å². The minimum atomic E-state index is -0.287. The second-order valence-electron chi connectivity index (χ2n) is 3.58. The molecule has 1 aromatic rings. The lowest BCUT2D eigenvalue weighted by molar-refractivity contribution is 0.489. The monoisotopic (exact) mass is 306 g/mol. The average molecular weight is 306 g/mol. The average Bonchev–Trinajstić information content (AvgIpc) is 2.64. The van der Waals surface area contributed by atoms with Crippen LogP contribution in [0, 0.1) is 3.57 Å². The highest BCUT2D eigenvalue weighted by molar-refractivity contribution is 14.1. The number of halogens is 1. The van der Waals surface area contributed by atoms with Crippen LogP contribution in [0.3, 0.4) is 0 Å². The van der Waals surface area contributed by atoms with E-state index >= 15 is 0 Å². The van der Waals surface area contributed by atoms with Gasteiger partial charge in [-0.05, 0) is 35.4 Å². The fourth-order valence-corrected chi connectivity index (χ4v) is 2.35. The van der Waals surface area contributed by atoms with Crippen LogP contribution in [-0.4, -0.2) is 9.55 Å². The molecule has 2 rings (SSSR count). The van der Waals surface area contributed by atoms with Gasteiger partial charge in [0.1, 0.15) is 0 Å². The third-order valence-corrected chi connectivity index (χ3v) is 3.41. The normalized spacial score (nSPS) is 17.5. The summed E-state index contributed by atoms with van der Waals surface area (Å²) in [5.41, 5.74) is -0.563. The van der Waals surface area contributed by atoms with Crippen LogP contribution in [-0.2, 0) is 0 Å². The van der Waals surface area contributed by atoms with Gasteiger partial charge in [-0.3, -0.25) is 14.3 Å². The van der Waals surface area contributed by atoms with Crippen LogP contribution in [0.2, 0.25) is 0 Å². The maximum atomic E-state index is 11.5. The van der Waals surface area contributed by atoms with Crippen molar-refractivity contribution in [3.8, 4) is 0 Å². The van der Waals surface area contributed by atoms with Gasteiger partial charge >= 0.3 is 5.69 Å². The number of hydrogen-bond donors (Lipinski definition) is 1. The van der Waals surface area contributed by atoms with Gasteiger partial charge in [-0.1, -0.05) is 12.8 Å². The molecule has 0 aromatic carbocycles. The van der Waals surface area contributed by atoms with Crippen LogP contribution in [0.1, 0.15) is 31.7 Å². The summed E-state index contributed by atoms with van der Waals surface area (Å²) in [5, 5.41) is 0. The fraction of sp³-hybridized carbons (Fsp3) is 0.556. The molecule has 1 heterocycles. The molecule has 1 N–H and O–H groups in total. The largest absolute Gasteiger partial charge is 0.328 e. The maximum Gasteiger partial charge on any atom is 0.328 e. The summed E-state index contributed by atoms with van der Waals surface area (Å²) in [4.78, 5) is 24.9. The Labute approximate surface area is 94.5 Å². The molecule has 1 fully saturated rings. The summed E-state index contributed by atoms with van der Waals surface area (Å²) >= 11 is 1.95. The topological polar surface area (TPSA) is 54.9 Å². The second kappa shape index (κ2) is 3.88. The molecule has 5 heteroatoms. The number of H-pyrrole nitrogens is 1. The molecule has 76 valence electrons. The summed E-state index contributed by atoms with van der Waals surface area (Å²) in [6.07, 6.45) is 6.10. The molecule has 0 radical (unpaired) electrons. The first kappa shape index (κ1) is 9.95. The first-order chi connectivity index (χ1) is 6.68. The van der Waals surface area contributed by atoms with Crippen LogP contribution in [0.5, 0.6) is 0 Å². The number of nitrogens with zero attached hydrogens (tertiary/aromatic N) is 1. The van der Waals surface area contributed by atoms with Crippen molar-refractivity contribution in [2.24, 2.45) is 0 Å². The van der Waals surface area contributed by atoms with E-state index in [1.807, 2.05) is 22.6 Å². The molecule has 0 atom stereocenters. The van der Waals surface area contributed by atoms with Gasteiger partial charge in [-0.15, -0.1) is 0 Å². The zero-order valence-corrected chi connectivity index (χ0v) is 9.78. The molecule has 0 spiro atoms. The van der Waals surface area contributed by atoms with Gasteiger partial charge in [0.15, 0.2) is 0 Å². The highest BCUT2D eigenvalue weighted by atomic mass is 127. The summed E-state index contributed by atoms with van der Waals surface area (Å²) in [6, 6.07) is 0.285. The van der Waals surface area contributed by atoms with E-state index in [2.05, 4.69) is 4.98 Å².